The molecule has 3 aromatic rings. The predicted octanol–water partition coefficient (Wildman–Crippen LogP) is 5.49. The topological polar surface area (TPSA) is 103 Å². The van der Waals surface area contributed by atoms with E-state index in [1.165, 1.54) is 12.1 Å². The molecule has 1 saturated heterocycles. The van der Waals surface area contributed by atoms with Gasteiger partial charge in [-0.3, -0.25) is 14.8 Å². The van der Waals surface area contributed by atoms with Gasteiger partial charge in [-0.25, -0.2) is 13.8 Å². The predicted molar refractivity (Wildman–Crippen MR) is 136 cm³/mol. The monoisotopic (exact) mass is 533 g/mol. The molecule has 3 N–H and O–H groups in total. The lowest BCUT2D eigenvalue weighted by Crippen LogP contribution is -2.45. The van der Waals surface area contributed by atoms with Gasteiger partial charge in [0, 0.05) is 36.4 Å². The lowest BCUT2D eigenvalue weighted by molar-refractivity contribution is -0.152. The summed E-state index contributed by atoms with van der Waals surface area (Å²) in [6, 6.07) is 8.04. The van der Waals surface area contributed by atoms with Crippen molar-refractivity contribution in [1.29, 1.82) is 0 Å². The number of nitrogens with zero attached hydrogens (tertiary/aromatic N) is 3. The molecule has 8 nitrogen and oxygen atoms in total. The van der Waals surface area contributed by atoms with Gasteiger partial charge in [0.1, 0.15) is 11.6 Å². The minimum absolute atomic E-state index is 0.00430. The molecule has 1 aliphatic rings. The highest BCUT2D eigenvalue weighted by Gasteiger charge is 2.43. The zero-order valence-corrected chi connectivity index (χ0v) is 21.7. The molecule has 1 aliphatic heterocycles. The molecule has 0 radical (unpaired) electrons. The average molecular weight is 534 g/mol. The second-order valence-corrected chi connectivity index (χ2v) is 10.2. The fourth-order valence-electron chi connectivity index (χ4n) is 4.53. The van der Waals surface area contributed by atoms with Gasteiger partial charge in [-0.05, 0) is 52.8 Å². The summed E-state index contributed by atoms with van der Waals surface area (Å²) < 4.78 is 35.5. The van der Waals surface area contributed by atoms with Crippen molar-refractivity contribution >= 4 is 29.2 Å². The van der Waals surface area contributed by atoms with Gasteiger partial charge in [-0.2, -0.15) is 5.10 Å². The number of aromatic nitrogens is 3. The first-order valence-electron chi connectivity index (χ1n) is 12.1. The van der Waals surface area contributed by atoms with Gasteiger partial charge in [0.2, 0.25) is 0 Å². The standard InChI is InChI=1S/C26H30ClF2N5O3/c1-15(2)37-20-12-21(31-22-11-16(3)32-33-22)30-19(24(20)29)13-26(25(35)36)7-9-34(10-8-26)14-17-5-4-6-18(27)23(17)28/h4-6,11-12,15H,7-10,13-14H2,1-3H3,(H,35,36)(H2,30,31,32,33). The van der Waals surface area contributed by atoms with Gasteiger partial charge >= 0.3 is 5.97 Å². The molecule has 0 saturated carbocycles. The number of rotatable bonds is 9. The Morgan fingerprint density at radius 3 is 2.59 bits per heavy atom. The third-order valence-electron chi connectivity index (χ3n) is 6.52. The Kier molecular flexibility index (Phi) is 7.99. The third-order valence-corrected chi connectivity index (χ3v) is 6.81. The number of pyridine rings is 1. The Morgan fingerprint density at radius 1 is 1.24 bits per heavy atom. The van der Waals surface area contributed by atoms with Crippen LogP contribution in [0, 0.1) is 24.0 Å². The van der Waals surface area contributed by atoms with Crippen LogP contribution in [0.5, 0.6) is 5.75 Å². The van der Waals surface area contributed by atoms with E-state index in [1.807, 2.05) is 11.8 Å². The van der Waals surface area contributed by atoms with E-state index in [1.54, 1.807) is 32.0 Å². The van der Waals surface area contributed by atoms with Gasteiger partial charge in [-0.15, -0.1) is 0 Å². The Bertz CT molecular complexity index is 1280. The second kappa shape index (κ2) is 11.0. The number of carboxylic acid groups (broad SMARTS) is 1. The number of hydrogen-bond donors (Lipinski definition) is 3. The summed E-state index contributed by atoms with van der Waals surface area (Å²) in [6.07, 6.45) is 0.0930. The smallest absolute Gasteiger partial charge is 0.310 e. The van der Waals surface area contributed by atoms with Crippen LogP contribution in [0.1, 0.15) is 43.6 Å². The SMILES string of the molecule is Cc1cc(Nc2cc(OC(C)C)c(F)c(CC3(C(=O)O)CCN(Cc4cccc(Cl)c4F)CC3)n2)n[nH]1. The molecule has 198 valence electrons. The normalized spacial score (nSPS) is 15.6. The van der Waals surface area contributed by atoms with Crippen LogP contribution in [-0.2, 0) is 17.8 Å². The summed E-state index contributed by atoms with van der Waals surface area (Å²) in [5.74, 6) is -1.39. The van der Waals surface area contributed by atoms with Crippen LogP contribution >= 0.6 is 11.6 Å². The Morgan fingerprint density at radius 2 is 1.97 bits per heavy atom. The number of carbonyl (C=O) groups is 1. The lowest BCUT2D eigenvalue weighted by atomic mass is 9.74. The number of aliphatic carboxylic acids is 1. The molecule has 2 aromatic heterocycles. The Hall–Kier alpha value is -3.24. The van der Waals surface area contributed by atoms with Crippen molar-refractivity contribution in [3.8, 4) is 5.75 Å². The number of benzene rings is 1. The fraction of sp³-hybridized carbons (Fsp3) is 0.423. The first-order valence-corrected chi connectivity index (χ1v) is 12.5. The summed E-state index contributed by atoms with van der Waals surface area (Å²) in [5, 5.41) is 20.2. The van der Waals surface area contributed by atoms with Crippen LogP contribution in [0.15, 0.2) is 30.3 Å². The summed E-state index contributed by atoms with van der Waals surface area (Å²) in [7, 11) is 0. The van der Waals surface area contributed by atoms with E-state index in [-0.39, 0.29) is 41.8 Å². The third kappa shape index (κ3) is 6.19. The zero-order chi connectivity index (χ0) is 26.7. The van der Waals surface area contributed by atoms with Crippen LogP contribution in [0.3, 0.4) is 0 Å². The summed E-state index contributed by atoms with van der Waals surface area (Å²) in [5.41, 5.74) is 0.0571. The van der Waals surface area contributed by atoms with E-state index in [0.717, 1.165) is 5.69 Å². The van der Waals surface area contributed by atoms with Gasteiger partial charge < -0.3 is 15.2 Å². The Labute approximate surface area is 219 Å². The minimum Gasteiger partial charge on any atom is -0.488 e. The molecule has 0 aliphatic carbocycles. The maximum atomic E-state index is 15.5. The molecular formula is C26H30ClF2N5O3. The number of halogens is 3. The first-order chi connectivity index (χ1) is 17.6. The average Bonchev–Trinajstić information content (AvgIpc) is 3.25. The van der Waals surface area contributed by atoms with Crippen molar-refractivity contribution in [2.45, 2.75) is 52.7 Å². The number of hydrogen-bond acceptors (Lipinski definition) is 6. The van der Waals surface area contributed by atoms with Gasteiger partial charge in [-0.1, -0.05) is 23.7 Å². The molecule has 0 amide bonds. The van der Waals surface area contributed by atoms with E-state index < -0.39 is 23.0 Å². The molecule has 11 heteroatoms. The van der Waals surface area contributed by atoms with Crippen LogP contribution in [0.4, 0.5) is 20.4 Å². The molecule has 0 spiro atoms. The quantitative estimate of drug-likeness (QED) is 0.334. The van der Waals surface area contributed by atoms with Gasteiger partial charge in [0.25, 0.3) is 0 Å². The molecule has 1 aromatic carbocycles. The molecule has 37 heavy (non-hydrogen) atoms. The molecule has 0 bridgehead atoms. The van der Waals surface area contributed by atoms with E-state index in [9.17, 15) is 14.3 Å². The fourth-order valence-corrected chi connectivity index (χ4v) is 4.72. The van der Waals surface area contributed by atoms with E-state index in [4.69, 9.17) is 16.3 Å². The zero-order valence-electron chi connectivity index (χ0n) is 20.9. The maximum absolute atomic E-state index is 15.5. The van der Waals surface area contributed by atoms with Crippen molar-refractivity contribution in [1.82, 2.24) is 20.1 Å². The number of H-pyrrole nitrogens is 1. The molecule has 4 rings (SSSR count). The second-order valence-electron chi connectivity index (χ2n) is 9.75. The highest BCUT2D eigenvalue weighted by molar-refractivity contribution is 6.30. The van der Waals surface area contributed by atoms with Crippen molar-refractivity contribution in [2.75, 3.05) is 18.4 Å². The lowest BCUT2D eigenvalue weighted by Gasteiger charge is -2.39. The van der Waals surface area contributed by atoms with Crippen LogP contribution in [0.2, 0.25) is 5.02 Å². The van der Waals surface area contributed by atoms with E-state index >= 15 is 4.39 Å². The highest BCUT2D eigenvalue weighted by atomic mass is 35.5. The number of ether oxygens (including phenoxy) is 1. The molecule has 0 atom stereocenters. The number of carboxylic acids is 1. The van der Waals surface area contributed by atoms with Crippen LogP contribution in [-0.4, -0.2) is 50.4 Å². The van der Waals surface area contributed by atoms with Crippen molar-refractivity contribution in [2.24, 2.45) is 5.41 Å². The van der Waals surface area contributed by atoms with Crippen molar-refractivity contribution < 1.29 is 23.4 Å². The number of aryl methyl sites for hydroxylation is 1. The number of anilines is 2. The molecule has 3 heterocycles. The molecule has 1 fully saturated rings. The first kappa shape index (κ1) is 26.8. The summed E-state index contributed by atoms with van der Waals surface area (Å²) in [4.78, 5) is 18.9. The van der Waals surface area contributed by atoms with E-state index in [2.05, 4.69) is 20.5 Å². The molecule has 0 unspecified atom stereocenters. The molecular weight excluding hydrogens is 504 g/mol. The van der Waals surface area contributed by atoms with Crippen molar-refractivity contribution in [3.63, 3.8) is 0 Å². The number of likely N-dealkylation sites (tertiary alicyclic amines) is 1. The van der Waals surface area contributed by atoms with Crippen LogP contribution in [0.25, 0.3) is 0 Å². The maximum Gasteiger partial charge on any atom is 0.310 e. The number of nitrogens with one attached hydrogen (secondary N) is 2. The Balaban J connectivity index is 1.56. The van der Waals surface area contributed by atoms with Crippen molar-refractivity contribution in [3.05, 3.63) is 63.9 Å². The van der Waals surface area contributed by atoms with Gasteiger partial charge in [0.15, 0.2) is 17.4 Å². The number of piperidine rings is 1. The highest BCUT2D eigenvalue weighted by Crippen LogP contribution is 2.38. The number of aromatic amines is 1. The van der Waals surface area contributed by atoms with E-state index in [0.29, 0.717) is 36.8 Å². The van der Waals surface area contributed by atoms with Gasteiger partial charge in [0.05, 0.1) is 22.2 Å². The summed E-state index contributed by atoms with van der Waals surface area (Å²) >= 11 is 5.90. The minimum atomic E-state index is -1.23. The largest absolute Gasteiger partial charge is 0.488 e. The van der Waals surface area contributed by atoms with Crippen LogP contribution < -0.4 is 10.1 Å². The summed E-state index contributed by atoms with van der Waals surface area (Å²) in [6.45, 7) is 6.52.